The van der Waals surface area contributed by atoms with Gasteiger partial charge in [0.15, 0.2) is 11.6 Å². The molecule has 0 radical (unpaired) electrons. The zero-order valence-electron chi connectivity index (χ0n) is 40.3. The van der Waals surface area contributed by atoms with E-state index >= 15 is 0 Å². The van der Waals surface area contributed by atoms with Gasteiger partial charge in [0.2, 0.25) is 10.0 Å². The van der Waals surface area contributed by atoms with Gasteiger partial charge < -0.3 is 24.9 Å². The fraction of sp³-hybridized carbons (Fsp3) is 0.216. The molecular formula is C51H49N13NiO5S2. The van der Waals surface area contributed by atoms with Crippen LogP contribution in [-0.4, -0.2) is 83.7 Å². The molecule has 0 aliphatic carbocycles. The molecule has 2 aliphatic heterocycles. The number of hydrogen-bond donors (Lipinski definition) is 1. The summed E-state index contributed by atoms with van der Waals surface area (Å²) < 4.78 is 49.9. The summed E-state index contributed by atoms with van der Waals surface area (Å²) in [5.74, 6) is 4.12. The molecule has 7 heterocycles. The maximum Gasteiger partial charge on any atom is 2.00 e. The Morgan fingerprint density at radius 1 is 0.528 bits per heavy atom. The largest absolute Gasteiger partial charge is 2.00 e. The second-order valence-corrected chi connectivity index (χ2v) is 17.6. The van der Waals surface area contributed by atoms with Crippen molar-refractivity contribution in [2.75, 3.05) is 12.8 Å². The van der Waals surface area contributed by atoms with Crippen molar-refractivity contribution in [1.29, 1.82) is 0 Å². The van der Waals surface area contributed by atoms with Gasteiger partial charge in [-0.05, 0) is 65.1 Å². The van der Waals surface area contributed by atoms with Crippen LogP contribution in [0.1, 0.15) is 62.7 Å². The van der Waals surface area contributed by atoms with E-state index < -0.39 is 20.6 Å². The van der Waals surface area contributed by atoms with E-state index in [2.05, 4.69) is 43.7 Å². The van der Waals surface area contributed by atoms with Gasteiger partial charge in [-0.15, -0.1) is 12.6 Å². The van der Waals surface area contributed by atoms with E-state index in [-0.39, 0.29) is 16.5 Å². The number of pyridine rings is 1. The minimum absolute atomic E-state index is 0. The summed E-state index contributed by atoms with van der Waals surface area (Å²) in [5.41, 5.74) is 7.72. The molecule has 8 bridgehead atoms. The normalized spacial score (nSPS) is 10.9. The first kappa shape index (κ1) is 53.8. The molecule has 0 amide bonds. The number of rotatable bonds is 7. The van der Waals surface area contributed by atoms with E-state index in [4.69, 9.17) is 52.5 Å². The molecule has 11 rings (SSSR count). The van der Waals surface area contributed by atoms with Crippen LogP contribution in [0.2, 0.25) is 0 Å². The topological polar surface area (TPSA) is 254 Å². The van der Waals surface area contributed by atoms with E-state index in [1.165, 1.54) is 11.1 Å². The minimum atomic E-state index is -3.14. The maximum absolute atomic E-state index is 11.0. The molecule has 2 aliphatic rings. The second kappa shape index (κ2) is 24.5. The standard InChI is InChI=1S/C31H15N9.C16H22N4O2S.2C2H6.Ni.O3S/c1-2-9-17-16(8-1)24-33-25(17)35-27-20-12-5-6-13-21(20)29(37-27)39-31-23-22(14-7-15-32-23)30(40-31)38-28-19-11-4-3-10-18(19)26(34-24)36-28;1-12-7-4-5-8-14(12)11-16-19-13(2)18-15(20-16)9-6-10-17-23(3,21)22;2*1-2;;1-4(2)3/h1-15H;4-5,7-8,17H,6,9-11H2,1-3H3;2*1-2H3;;/q-2;;;;+2;. The average Bonchev–Trinajstić information content (AvgIpc) is 4.10. The Labute approximate surface area is 427 Å². The minimum Gasteiger partial charge on any atom is -0.357 e. The van der Waals surface area contributed by atoms with E-state index in [9.17, 15) is 8.42 Å². The molecule has 21 heteroatoms. The summed E-state index contributed by atoms with van der Waals surface area (Å²) in [7, 11) is -6.25. The Bertz CT molecular complexity index is 3630. The number of fused-ring (bicyclic) bond motifs is 20. The van der Waals surface area contributed by atoms with Crippen LogP contribution in [0, 0.1) is 13.8 Å². The van der Waals surface area contributed by atoms with E-state index in [1.807, 2.05) is 132 Å². The van der Waals surface area contributed by atoms with Gasteiger partial charge in [0.05, 0.1) is 17.9 Å². The molecule has 0 unspecified atom stereocenters. The summed E-state index contributed by atoms with van der Waals surface area (Å²) in [6, 6.07) is 35.7. The number of aryl methyl sites for hydroxylation is 3. The zero-order valence-corrected chi connectivity index (χ0v) is 43.0. The summed E-state index contributed by atoms with van der Waals surface area (Å²) in [6.07, 6.45) is 4.82. The predicted octanol–water partition coefficient (Wildman–Crippen LogP) is 8.13. The third-order valence-electron chi connectivity index (χ3n) is 10.6. The first-order valence-electron chi connectivity index (χ1n) is 22.8. The summed E-state index contributed by atoms with van der Waals surface area (Å²) in [6.45, 7) is 12.3. The van der Waals surface area contributed by atoms with Crippen LogP contribution < -0.4 is 14.7 Å². The molecular weight excluding hydrogens is 997 g/mol. The first-order chi connectivity index (χ1) is 34.4. The van der Waals surface area contributed by atoms with Crippen molar-refractivity contribution in [2.45, 2.75) is 60.8 Å². The molecule has 1 N–H and O–H groups in total. The Morgan fingerprint density at radius 3 is 1.51 bits per heavy atom. The first-order valence-corrected chi connectivity index (χ1v) is 25.7. The number of sulfonamides is 1. The van der Waals surface area contributed by atoms with Gasteiger partial charge in [-0.1, -0.05) is 125 Å². The van der Waals surface area contributed by atoms with Crippen molar-refractivity contribution < 1.29 is 37.5 Å². The number of nitrogens with zero attached hydrogens (tertiary/aromatic N) is 12. The van der Waals surface area contributed by atoms with Crippen molar-refractivity contribution >= 4 is 64.8 Å². The van der Waals surface area contributed by atoms with Gasteiger partial charge in [-0.2, -0.15) is 0 Å². The van der Waals surface area contributed by atoms with Gasteiger partial charge in [0.1, 0.15) is 23.2 Å². The number of hydrogen-bond acceptors (Lipinski definition) is 15. The molecule has 18 nitrogen and oxygen atoms in total. The molecule has 9 aromatic rings. The summed E-state index contributed by atoms with van der Waals surface area (Å²) in [4.78, 5) is 56.8. The van der Waals surface area contributed by atoms with Crippen molar-refractivity contribution in [3.8, 4) is 45.7 Å². The SMILES string of the molecule is CC.CC.Cc1nc(CCCNS(C)(=O)=O)nc(Cc2ccccc2C)n1.O=S(=O)=O.[Ni+2].c1ccc2c(c1)-c1nc-2nc2[n-]c(nc3[n-]c(nc4nc(n1)-c1ncccc1-4)c1ccccc31)c1ccccc21. The predicted molar refractivity (Wildman–Crippen MR) is 274 cm³/mol. The number of benzene rings is 4. The Morgan fingerprint density at radius 2 is 0.972 bits per heavy atom. The van der Waals surface area contributed by atoms with Crippen molar-refractivity contribution in [3.05, 3.63) is 144 Å². The van der Waals surface area contributed by atoms with Crippen molar-refractivity contribution in [3.63, 3.8) is 0 Å². The fourth-order valence-electron chi connectivity index (χ4n) is 7.61. The molecule has 5 aromatic heterocycles. The maximum atomic E-state index is 11.0. The molecule has 370 valence electrons. The Balaban J connectivity index is 0.000000227. The van der Waals surface area contributed by atoms with Crippen LogP contribution in [0.4, 0.5) is 0 Å². The van der Waals surface area contributed by atoms with Crippen LogP contribution >= 0.6 is 0 Å². The van der Waals surface area contributed by atoms with Crippen LogP contribution in [0.3, 0.4) is 0 Å². The zero-order chi connectivity index (χ0) is 50.7. The van der Waals surface area contributed by atoms with E-state index in [0.717, 1.165) is 50.3 Å². The van der Waals surface area contributed by atoms with Crippen molar-refractivity contribution in [2.24, 2.45) is 0 Å². The molecule has 0 saturated heterocycles. The number of aromatic nitrogens is 12. The molecule has 4 aromatic carbocycles. The third kappa shape index (κ3) is 12.8. The molecule has 0 atom stereocenters. The van der Waals surface area contributed by atoms with Gasteiger partial charge in [-0.25, -0.2) is 43.0 Å². The molecule has 0 fully saturated rings. The molecule has 0 spiro atoms. The summed E-state index contributed by atoms with van der Waals surface area (Å²) in [5, 5.41) is 3.52. The van der Waals surface area contributed by atoms with Gasteiger partial charge >= 0.3 is 27.1 Å². The van der Waals surface area contributed by atoms with Gasteiger partial charge in [0.25, 0.3) is 0 Å². The van der Waals surface area contributed by atoms with Crippen LogP contribution in [0.5, 0.6) is 0 Å². The van der Waals surface area contributed by atoms with Gasteiger partial charge in [0, 0.05) is 64.9 Å². The molecule has 0 saturated carbocycles. The smallest absolute Gasteiger partial charge is 0.357 e. The monoisotopic (exact) mass is 1050 g/mol. The van der Waals surface area contributed by atoms with Crippen molar-refractivity contribution in [1.82, 2.24) is 64.5 Å². The quantitative estimate of drug-likeness (QED) is 0.117. The average molecular weight is 1050 g/mol. The van der Waals surface area contributed by atoms with E-state index in [1.54, 1.807) is 6.20 Å². The van der Waals surface area contributed by atoms with Crippen LogP contribution in [0.25, 0.3) is 89.8 Å². The molecule has 72 heavy (non-hydrogen) atoms. The second-order valence-electron chi connectivity index (χ2n) is 15.3. The fourth-order valence-corrected chi connectivity index (χ4v) is 8.12. The Hall–Kier alpha value is -7.58. The van der Waals surface area contributed by atoms with Crippen LogP contribution in [0.15, 0.2) is 115 Å². The number of nitrogens with one attached hydrogen (secondary N) is 1. The summed E-state index contributed by atoms with van der Waals surface area (Å²) >= 11 is 0. The van der Waals surface area contributed by atoms with E-state index in [0.29, 0.717) is 89.0 Å². The Kier molecular flexibility index (Phi) is 18.3. The van der Waals surface area contributed by atoms with Crippen LogP contribution in [-0.2, 0) is 50.0 Å². The third-order valence-corrected chi connectivity index (χ3v) is 11.3. The van der Waals surface area contributed by atoms with Gasteiger partial charge in [-0.3, -0.25) is 4.98 Å².